The molecule has 0 saturated carbocycles. The molecule has 6 aromatic rings. The van der Waals surface area contributed by atoms with Gasteiger partial charge in [0.1, 0.15) is 5.01 Å². The second-order valence-corrected chi connectivity index (χ2v) is 10.00. The third-order valence-electron chi connectivity index (χ3n) is 6.43. The molecule has 0 aliphatic rings. The monoisotopic (exact) mass is 525 g/mol. The van der Waals surface area contributed by atoms with Gasteiger partial charge in [0, 0.05) is 23.1 Å². The Balaban J connectivity index is 1.28. The Labute approximate surface area is 230 Å². The second kappa shape index (κ2) is 10.7. The summed E-state index contributed by atoms with van der Waals surface area (Å²) in [5.74, 6) is 0. The molecule has 0 radical (unpaired) electrons. The van der Waals surface area contributed by atoms with Crippen LogP contribution >= 0.6 is 11.3 Å². The van der Waals surface area contributed by atoms with Gasteiger partial charge in [-0.3, -0.25) is 10.1 Å². The van der Waals surface area contributed by atoms with Crippen LogP contribution in [0.4, 0.5) is 22.7 Å². The number of hydrogen-bond donors (Lipinski definition) is 0. The molecule has 6 rings (SSSR count). The lowest BCUT2D eigenvalue weighted by Crippen LogP contribution is -2.09. The smallest absolute Gasteiger partial charge is 0.276 e. The van der Waals surface area contributed by atoms with E-state index in [1.165, 1.54) is 6.07 Å². The number of nitrogens with zero attached hydrogens (tertiary/aromatic N) is 3. The van der Waals surface area contributed by atoms with E-state index in [0.717, 1.165) is 43.4 Å². The van der Waals surface area contributed by atoms with Gasteiger partial charge in [0.25, 0.3) is 5.69 Å². The lowest BCUT2D eigenvalue weighted by atomic mass is 10.0. The minimum atomic E-state index is -0.367. The summed E-state index contributed by atoms with van der Waals surface area (Å²) in [4.78, 5) is 17.9. The molecule has 1 aromatic heterocycles. The number of rotatable bonds is 7. The van der Waals surface area contributed by atoms with Crippen molar-refractivity contribution in [3.05, 3.63) is 148 Å². The van der Waals surface area contributed by atoms with Crippen molar-refractivity contribution in [1.29, 1.82) is 0 Å². The van der Waals surface area contributed by atoms with E-state index in [0.29, 0.717) is 5.56 Å². The largest absolute Gasteiger partial charge is 0.311 e. The molecule has 0 amide bonds. The average molecular weight is 526 g/mol. The molecular weight excluding hydrogens is 502 g/mol. The highest BCUT2D eigenvalue weighted by Gasteiger charge is 2.13. The summed E-state index contributed by atoms with van der Waals surface area (Å²) in [7, 11) is 0. The van der Waals surface area contributed by atoms with Crippen molar-refractivity contribution in [3.8, 4) is 11.1 Å². The van der Waals surface area contributed by atoms with Gasteiger partial charge in [0.05, 0.1) is 20.7 Å². The third kappa shape index (κ3) is 5.19. The highest BCUT2D eigenvalue weighted by atomic mass is 32.1. The number of para-hydroxylation sites is 3. The summed E-state index contributed by atoms with van der Waals surface area (Å²) in [6.07, 6.45) is 3.59. The van der Waals surface area contributed by atoms with Gasteiger partial charge >= 0.3 is 0 Å². The molecule has 0 bridgehead atoms. The Hall–Kier alpha value is -5.07. The van der Waals surface area contributed by atoms with Crippen molar-refractivity contribution in [2.24, 2.45) is 0 Å². The van der Waals surface area contributed by atoms with Crippen molar-refractivity contribution in [2.75, 3.05) is 4.90 Å². The highest BCUT2D eigenvalue weighted by molar-refractivity contribution is 7.19. The second-order valence-electron chi connectivity index (χ2n) is 8.94. The fraction of sp³-hybridized carbons (Fsp3) is 0. The van der Waals surface area contributed by atoms with Crippen molar-refractivity contribution in [3.63, 3.8) is 0 Å². The van der Waals surface area contributed by atoms with Crippen LogP contribution in [0, 0.1) is 10.1 Å². The van der Waals surface area contributed by atoms with E-state index >= 15 is 0 Å². The molecule has 0 unspecified atom stereocenters. The number of nitro benzene ring substituents is 1. The van der Waals surface area contributed by atoms with E-state index in [4.69, 9.17) is 4.98 Å². The molecule has 188 valence electrons. The Morgan fingerprint density at radius 2 is 1.26 bits per heavy atom. The molecule has 0 aliphatic carbocycles. The zero-order valence-corrected chi connectivity index (χ0v) is 21.7. The first kappa shape index (κ1) is 24.3. The van der Waals surface area contributed by atoms with Gasteiger partial charge in [0.15, 0.2) is 0 Å². The van der Waals surface area contributed by atoms with Crippen LogP contribution in [-0.2, 0) is 0 Å². The van der Waals surface area contributed by atoms with Crippen LogP contribution in [0.1, 0.15) is 10.6 Å². The fourth-order valence-electron chi connectivity index (χ4n) is 4.56. The Bertz CT molecular complexity index is 1740. The topological polar surface area (TPSA) is 59.3 Å². The van der Waals surface area contributed by atoms with E-state index in [9.17, 15) is 10.1 Å². The normalized spacial score (nSPS) is 11.2. The zero-order chi connectivity index (χ0) is 26.6. The number of anilines is 3. The van der Waals surface area contributed by atoms with Crippen LogP contribution in [0.5, 0.6) is 0 Å². The van der Waals surface area contributed by atoms with Crippen LogP contribution in [-0.4, -0.2) is 9.91 Å². The van der Waals surface area contributed by atoms with Crippen LogP contribution in [0.3, 0.4) is 0 Å². The number of fused-ring (bicyclic) bond motifs is 1. The third-order valence-corrected chi connectivity index (χ3v) is 7.43. The summed E-state index contributed by atoms with van der Waals surface area (Å²) in [6.45, 7) is 0. The fourth-order valence-corrected chi connectivity index (χ4v) is 5.41. The maximum Gasteiger partial charge on any atom is 0.276 e. The molecule has 0 N–H and O–H groups in total. The quantitative estimate of drug-likeness (QED) is 0.154. The summed E-state index contributed by atoms with van der Waals surface area (Å²) >= 11 is 1.56. The van der Waals surface area contributed by atoms with Crippen molar-refractivity contribution in [1.82, 2.24) is 4.98 Å². The van der Waals surface area contributed by atoms with Crippen LogP contribution in [0.25, 0.3) is 33.5 Å². The van der Waals surface area contributed by atoms with Gasteiger partial charge < -0.3 is 4.90 Å². The van der Waals surface area contributed by atoms with E-state index < -0.39 is 0 Å². The van der Waals surface area contributed by atoms with E-state index in [2.05, 4.69) is 71.6 Å². The summed E-state index contributed by atoms with van der Waals surface area (Å²) in [5, 5.41) is 12.1. The van der Waals surface area contributed by atoms with E-state index in [-0.39, 0.29) is 10.6 Å². The molecule has 0 atom stereocenters. The average Bonchev–Trinajstić information content (AvgIpc) is 3.40. The predicted molar refractivity (Wildman–Crippen MR) is 162 cm³/mol. The first-order valence-electron chi connectivity index (χ1n) is 12.5. The maximum atomic E-state index is 11.3. The molecule has 0 saturated heterocycles. The molecule has 0 fully saturated rings. The van der Waals surface area contributed by atoms with Gasteiger partial charge in [-0.15, -0.1) is 11.3 Å². The number of thiazole rings is 1. The van der Waals surface area contributed by atoms with Gasteiger partial charge in [-0.05, 0) is 77.9 Å². The van der Waals surface area contributed by atoms with Crippen molar-refractivity contribution < 1.29 is 4.92 Å². The van der Waals surface area contributed by atoms with Crippen LogP contribution in [0.15, 0.2) is 127 Å². The molecular formula is C33H23N3O2S. The molecule has 1 heterocycles. The molecule has 0 aliphatic heterocycles. The molecule has 6 heteroatoms. The van der Waals surface area contributed by atoms with Crippen molar-refractivity contribution >= 4 is 56.5 Å². The molecule has 39 heavy (non-hydrogen) atoms. The van der Waals surface area contributed by atoms with Crippen molar-refractivity contribution in [2.45, 2.75) is 0 Å². The Morgan fingerprint density at radius 3 is 1.92 bits per heavy atom. The first-order valence-corrected chi connectivity index (χ1v) is 13.3. The van der Waals surface area contributed by atoms with Crippen LogP contribution < -0.4 is 4.90 Å². The number of nitro groups is 1. The summed E-state index contributed by atoms with van der Waals surface area (Å²) in [5.41, 5.74) is 7.00. The first-order chi connectivity index (χ1) is 19.2. The van der Waals surface area contributed by atoms with Gasteiger partial charge in [0.2, 0.25) is 0 Å². The molecule has 5 aromatic carbocycles. The van der Waals surface area contributed by atoms with Gasteiger partial charge in [-0.1, -0.05) is 66.7 Å². The minimum Gasteiger partial charge on any atom is -0.311 e. The summed E-state index contributed by atoms with van der Waals surface area (Å²) in [6, 6.07) is 42.2. The number of benzene rings is 5. The highest BCUT2D eigenvalue weighted by Crippen LogP contribution is 2.36. The standard InChI is InChI=1S/C33H23N3O2S/c37-36(38)31-14-8-7-9-25(31)18-22-33-34-30-23-26(17-21-32(30)39-33)24-15-19-29(20-16-24)35(27-10-3-1-4-11-27)28-12-5-2-6-13-28/h1-23H/b22-18+. The zero-order valence-electron chi connectivity index (χ0n) is 20.8. The molecule has 5 nitrogen and oxygen atoms in total. The summed E-state index contributed by atoms with van der Waals surface area (Å²) < 4.78 is 1.07. The minimum absolute atomic E-state index is 0.0821. The Morgan fingerprint density at radius 1 is 0.667 bits per heavy atom. The maximum absolute atomic E-state index is 11.3. The molecule has 0 spiro atoms. The van der Waals surface area contributed by atoms with Gasteiger partial charge in [-0.25, -0.2) is 4.98 Å². The van der Waals surface area contributed by atoms with E-state index in [1.807, 2.05) is 42.5 Å². The lowest BCUT2D eigenvalue weighted by Gasteiger charge is -2.25. The van der Waals surface area contributed by atoms with Gasteiger partial charge in [-0.2, -0.15) is 0 Å². The van der Waals surface area contributed by atoms with E-state index in [1.54, 1.807) is 35.6 Å². The number of hydrogen-bond acceptors (Lipinski definition) is 5. The van der Waals surface area contributed by atoms with Crippen LogP contribution in [0.2, 0.25) is 0 Å². The number of aromatic nitrogens is 1. The predicted octanol–water partition coefficient (Wildman–Crippen LogP) is 9.51. The lowest BCUT2D eigenvalue weighted by molar-refractivity contribution is -0.385. The SMILES string of the molecule is O=[N+]([O-])c1ccccc1/C=C/c1nc2cc(-c3ccc(N(c4ccccc4)c4ccccc4)cc3)ccc2s1. The Kier molecular flexibility index (Phi) is 6.68.